The van der Waals surface area contributed by atoms with Crippen LogP contribution in [0.25, 0.3) is 5.69 Å². The maximum atomic E-state index is 10.9. The van der Waals surface area contributed by atoms with E-state index >= 15 is 0 Å². The molecule has 19 heavy (non-hydrogen) atoms. The van der Waals surface area contributed by atoms with Gasteiger partial charge in [0, 0.05) is 18.3 Å². The Labute approximate surface area is 123 Å². The second-order valence-corrected chi connectivity index (χ2v) is 5.11. The van der Waals surface area contributed by atoms with Crippen LogP contribution in [0.2, 0.25) is 0 Å². The third-order valence-corrected chi connectivity index (χ3v) is 2.97. The number of nitro groups is 1. The van der Waals surface area contributed by atoms with E-state index in [9.17, 15) is 10.1 Å². The molecule has 2 rings (SSSR count). The van der Waals surface area contributed by atoms with Crippen molar-refractivity contribution >= 4 is 28.3 Å². The molecule has 0 aliphatic heterocycles. The maximum Gasteiger partial charge on any atom is 0.311 e. The lowest BCUT2D eigenvalue weighted by molar-refractivity contribution is -0.385. The minimum Gasteiger partial charge on any atom is -0.487 e. The zero-order valence-electron chi connectivity index (χ0n) is 10.2. The maximum absolute atomic E-state index is 10.9. The first-order chi connectivity index (χ1) is 9.11. The second kappa shape index (κ2) is 6.00. The van der Waals surface area contributed by atoms with Gasteiger partial charge in [0.15, 0.2) is 5.75 Å². The topological polar surface area (TPSA) is 70.2 Å². The van der Waals surface area contributed by atoms with Gasteiger partial charge in [-0.25, -0.2) is 4.68 Å². The van der Waals surface area contributed by atoms with Crippen molar-refractivity contribution in [1.82, 2.24) is 9.78 Å². The highest BCUT2D eigenvalue weighted by Gasteiger charge is 2.16. The van der Waals surface area contributed by atoms with Crippen LogP contribution in [-0.2, 0) is 0 Å². The molecular weight excluding hydrogens is 361 g/mol. The van der Waals surface area contributed by atoms with E-state index in [4.69, 9.17) is 4.74 Å². The molecule has 0 spiro atoms. The fourth-order valence-corrected chi connectivity index (χ4v) is 1.95. The third-order valence-electron chi connectivity index (χ3n) is 2.42. The van der Waals surface area contributed by atoms with E-state index in [1.54, 1.807) is 23.0 Å². The van der Waals surface area contributed by atoms with Crippen molar-refractivity contribution < 1.29 is 9.66 Å². The molecule has 0 unspecified atom stereocenters. The van der Waals surface area contributed by atoms with Crippen molar-refractivity contribution in [2.45, 2.75) is 13.3 Å². The van der Waals surface area contributed by atoms with Gasteiger partial charge in [0.05, 0.1) is 27.0 Å². The Morgan fingerprint density at radius 1 is 1.53 bits per heavy atom. The minimum atomic E-state index is -0.443. The van der Waals surface area contributed by atoms with E-state index in [0.717, 1.165) is 15.7 Å². The van der Waals surface area contributed by atoms with Crippen molar-refractivity contribution in [3.63, 3.8) is 0 Å². The Kier molecular flexibility index (Phi) is 4.35. The first-order valence-electron chi connectivity index (χ1n) is 5.73. The van der Waals surface area contributed by atoms with Gasteiger partial charge in [-0.3, -0.25) is 10.1 Å². The molecule has 6 nitrogen and oxygen atoms in total. The first kappa shape index (κ1) is 13.8. The molecule has 7 heteroatoms. The quantitative estimate of drug-likeness (QED) is 0.459. The molecule has 0 saturated carbocycles. The lowest BCUT2D eigenvalue weighted by Gasteiger charge is -2.08. The van der Waals surface area contributed by atoms with Gasteiger partial charge in [0.25, 0.3) is 0 Å². The first-order valence-corrected chi connectivity index (χ1v) is 6.81. The molecule has 1 heterocycles. The van der Waals surface area contributed by atoms with Gasteiger partial charge in [-0.15, -0.1) is 0 Å². The summed E-state index contributed by atoms with van der Waals surface area (Å²) in [5.74, 6) is 0.273. The van der Waals surface area contributed by atoms with Gasteiger partial charge in [-0.2, -0.15) is 5.10 Å². The smallest absolute Gasteiger partial charge is 0.311 e. The summed E-state index contributed by atoms with van der Waals surface area (Å²) < 4.78 is 8.08. The third kappa shape index (κ3) is 3.22. The SMILES string of the molecule is CCCOc1cc(-n2cc(I)cn2)ccc1[N+](=O)[O-]. The van der Waals surface area contributed by atoms with Crippen LogP contribution in [-0.4, -0.2) is 21.3 Å². The highest BCUT2D eigenvalue weighted by molar-refractivity contribution is 14.1. The molecule has 1 aromatic carbocycles. The summed E-state index contributed by atoms with van der Waals surface area (Å²) in [5, 5.41) is 15.1. The van der Waals surface area contributed by atoms with Crippen LogP contribution in [0.15, 0.2) is 30.6 Å². The Hall–Kier alpha value is -1.64. The monoisotopic (exact) mass is 373 g/mol. The van der Waals surface area contributed by atoms with E-state index < -0.39 is 4.92 Å². The normalized spacial score (nSPS) is 10.4. The molecule has 0 aliphatic rings. The average molecular weight is 373 g/mol. The molecule has 0 atom stereocenters. The number of nitro benzene ring substituents is 1. The summed E-state index contributed by atoms with van der Waals surface area (Å²) in [6.07, 6.45) is 4.35. The summed E-state index contributed by atoms with van der Waals surface area (Å²) in [6, 6.07) is 4.73. The largest absolute Gasteiger partial charge is 0.487 e. The molecule has 100 valence electrons. The van der Waals surface area contributed by atoms with Crippen molar-refractivity contribution in [1.29, 1.82) is 0 Å². The Morgan fingerprint density at radius 2 is 2.32 bits per heavy atom. The zero-order valence-corrected chi connectivity index (χ0v) is 12.4. The number of nitrogens with zero attached hydrogens (tertiary/aromatic N) is 3. The number of hydrogen-bond acceptors (Lipinski definition) is 4. The number of benzene rings is 1. The molecule has 0 bridgehead atoms. The van der Waals surface area contributed by atoms with E-state index in [0.29, 0.717) is 6.61 Å². The van der Waals surface area contributed by atoms with Crippen LogP contribution in [0.1, 0.15) is 13.3 Å². The Bertz CT molecular complexity index is 598. The minimum absolute atomic E-state index is 0.0287. The molecule has 0 radical (unpaired) electrons. The van der Waals surface area contributed by atoms with Crippen LogP contribution in [0.5, 0.6) is 5.75 Å². The molecule has 0 saturated heterocycles. The lowest BCUT2D eigenvalue weighted by atomic mass is 10.2. The number of aromatic nitrogens is 2. The van der Waals surface area contributed by atoms with Crippen molar-refractivity contribution in [2.75, 3.05) is 6.61 Å². The van der Waals surface area contributed by atoms with Crippen LogP contribution >= 0.6 is 22.6 Å². The molecule has 0 fully saturated rings. The van der Waals surface area contributed by atoms with Gasteiger partial charge in [0.1, 0.15) is 0 Å². The Morgan fingerprint density at radius 3 is 2.89 bits per heavy atom. The van der Waals surface area contributed by atoms with Gasteiger partial charge < -0.3 is 4.74 Å². The summed E-state index contributed by atoms with van der Waals surface area (Å²) in [4.78, 5) is 10.5. The fourth-order valence-electron chi connectivity index (χ4n) is 1.57. The molecule has 0 N–H and O–H groups in total. The lowest BCUT2D eigenvalue weighted by Crippen LogP contribution is -2.02. The van der Waals surface area contributed by atoms with Gasteiger partial charge in [0.2, 0.25) is 0 Å². The summed E-state index contributed by atoms with van der Waals surface area (Å²) in [7, 11) is 0. The van der Waals surface area contributed by atoms with Crippen molar-refractivity contribution in [2.24, 2.45) is 0 Å². The van der Waals surface area contributed by atoms with Crippen molar-refractivity contribution in [3.8, 4) is 11.4 Å². The molecule has 2 aromatic rings. The van der Waals surface area contributed by atoms with Crippen LogP contribution in [0.4, 0.5) is 5.69 Å². The second-order valence-electron chi connectivity index (χ2n) is 3.86. The fraction of sp³-hybridized carbons (Fsp3) is 0.250. The molecule has 1 aromatic heterocycles. The van der Waals surface area contributed by atoms with Crippen LogP contribution in [0.3, 0.4) is 0 Å². The Balaban J connectivity index is 2.39. The average Bonchev–Trinajstić information content (AvgIpc) is 2.82. The van der Waals surface area contributed by atoms with Gasteiger partial charge >= 0.3 is 5.69 Å². The number of rotatable bonds is 5. The molecule has 0 amide bonds. The van der Waals surface area contributed by atoms with E-state index in [-0.39, 0.29) is 11.4 Å². The summed E-state index contributed by atoms with van der Waals surface area (Å²) in [5.41, 5.74) is 0.707. The predicted molar refractivity (Wildman–Crippen MR) is 78.7 cm³/mol. The number of ether oxygens (including phenoxy) is 1. The van der Waals surface area contributed by atoms with Gasteiger partial charge in [-0.05, 0) is 35.1 Å². The molecular formula is C12H12IN3O3. The summed E-state index contributed by atoms with van der Waals surface area (Å²) in [6.45, 7) is 2.40. The van der Waals surface area contributed by atoms with E-state index in [2.05, 4.69) is 27.7 Å². The predicted octanol–water partition coefficient (Wildman–Crippen LogP) is 3.17. The van der Waals surface area contributed by atoms with Crippen LogP contribution < -0.4 is 4.74 Å². The standard InChI is InChI=1S/C12H12IN3O3/c1-2-5-19-12-6-10(3-4-11(12)16(17)18)15-8-9(13)7-14-15/h3-4,6-8H,2,5H2,1H3. The molecule has 0 aliphatic carbocycles. The van der Waals surface area contributed by atoms with E-state index in [1.165, 1.54) is 6.07 Å². The van der Waals surface area contributed by atoms with Crippen molar-refractivity contribution in [3.05, 3.63) is 44.3 Å². The highest BCUT2D eigenvalue weighted by Crippen LogP contribution is 2.29. The highest BCUT2D eigenvalue weighted by atomic mass is 127. The number of hydrogen-bond donors (Lipinski definition) is 0. The number of halogens is 1. The van der Waals surface area contributed by atoms with Crippen LogP contribution in [0, 0.1) is 13.7 Å². The van der Waals surface area contributed by atoms with Gasteiger partial charge in [-0.1, -0.05) is 6.92 Å². The summed E-state index contributed by atoms with van der Waals surface area (Å²) >= 11 is 2.15. The zero-order chi connectivity index (χ0) is 13.8. The van der Waals surface area contributed by atoms with E-state index in [1.807, 2.05) is 13.1 Å².